The Morgan fingerprint density at radius 3 is 2.76 bits per heavy atom. The fourth-order valence-electron chi connectivity index (χ4n) is 3.63. The number of esters is 1. The SMILES string of the molecule is CCOC(=O)c1ccc(N2C(=O)CC[C@H]2C(=O)N[C@@H](Cc2cnc[nH]2)C(C)=O)c([N+](=O)[O-])c1. The summed E-state index contributed by atoms with van der Waals surface area (Å²) >= 11 is 0. The summed E-state index contributed by atoms with van der Waals surface area (Å²) in [5.74, 6) is -2.12. The highest BCUT2D eigenvalue weighted by Crippen LogP contribution is 2.35. The highest BCUT2D eigenvalue weighted by molar-refractivity contribution is 6.06. The number of hydrogen-bond donors (Lipinski definition) is 2. The van der Waals surface area contributed by atoms with Crippen LogP contribution in [0.5, 0.6) is 0 Å². The first-order valence-electron chi connectivity index (χ1n) is 10.3. The molecule has 0 bridgehead atoms. The van der Waals surface area contributed by atoms with Crippen molar-refractivity contribution in [3.63, 3.8) is 0 Å². The Morgan fingerprint density at radius 2 is 2.15 bits per heavy atom. The van der Waals surface area contributed by atoms with Crippen molar-refractivity contribution < 1.29 is 28.8 Å². The molecular formula is C21H23N5O7. The molecule has 3 rings (SSSR count). The summed E-state index contributed by atoms with van der Waals surface area (Å²) in [5.41, 5.74) is -0.0194. The number of rotatable bonds is 9. The van der Waals surface area contributed by atoms with Crippen molar-refractivity contribution in [2.75, 3.05) is 11.5 Å². The number of ketones is 1. The summed E-state index contributed by atoms with van der Waals surface area (Å²) in [6.45, 7) is 3.03. The Hall–Kier alpha value is -4.09. The van der Waals surface area contributed by atoms with Crippen LogP contribution in [0.4, 0.5) is 11.4 Å². The topological polar surface area (TPSA) is 165 Å². The van der Waals surface area contributed by atoms with Gasteiger partial charge in [0.2, 0.25) is 11.8 Å². The first-order chi connectivity index (χ1) is 15.7. The van der Waals surface area contributed by atoms with E-state index >= 15 is 0 Å². The van der Waals surface area contributed by atoms with Crippen molar-refractivity contribution in [3.8, 4) is 0 Å². The summed E-state index contributed by atoms with van der Waals surface area (Å²) in [7, 11) is 0. The number of ether oxygens (including phenoxy) is 1. The minimum Gasteiger partial charge on any atom is -0.462 e. The van der Waals surface area contributed by atoms with Gasteiger partial charge in [-0.2, -0.15) is 0 Å². The lowest BCUT2D eigenvalue weighted by Gasteiger charge is -2.26. The Bertz CT molecular complexity index is 1080. The van der Waals surface area contributed by atoms with Gasteiger partial charge >= 0.3 is 5.97 Å². The lowest BCUT2D eigenvalue weighted by atomic mass is 10.1. The van der Waals surface area contributed by atoms with Gasteiger partial charge in [0.1, 0.15) is 11.7 Å². The van der Waals surface area contributed by atoms with Crippen LogP contribution in [0.15, 0.2) is 30.7 Å². The molecule has 1 aliphatic rings. The van der Waals surface area contributed by atoms with Crippen molar-refractivity contribution >= 4 is 34.9 Å². The number of benzene rings is 1. The molecule has 12 nitrogen and oxygen atoms in total. The van der Waals surface area contributed by atoms with Crippen LogP contribution in [0.1, 0.15) is 42.7 Å². The zero-order valence-electron chi connectivity index (χ0n) is 18.1. The zero-order chi connectivity index (χ0) is 24.1. The molecule has 1 fully saturated rings. The number of nitrogens with zero attached hydrogens (tertiary/aromatic N) is 3. The number of carbonyl (C=O) groups excluding carboxylic acids is 4. The van der Waals surface area contributed by atoms with Gasteiger partial charge in [-0.05, 0) is 32.4 Å². The van der Waals surface area contributed by atoms with Crippen LogP contribution >= 0.6 is 0 Å². The average Bonchev–Trinajstić information content (AvgIpc) is 3.42. The molecule has 174 valence electrons. The molecule has 0 spiro atoms. The van der Waals surface area contributed by atoms with E-state index in [2.05, 4.69) is 15.3 Å². The number of hydrogen-bond acceptors (Lipinski definition) is 8. The monoisotopic (exact) mass is 457 g/mol. The van der Waals surface area contributed by atoms with Crippen molar-refractivity contribution in [2.45, 2.75) is 45.2 Å². The molecule has 1 saturated heterocycles. The van der Waals surface area contributed by atoms with Crippen molar-refractivity contribution in [2.24, 2.45) is 0 Å². The summed E-state index contributed by atoms with van der Waals surface area (Å²) < 4.78 is 4.87. The number of nitrogens with one attached hydrogen (secondary N) is 2. The Kier molecular flexibility index (Phi) is 7.16. The molecule has 2 heterocycles. The van der Waals surface area contributed by atoms with E-state index in [9.17, 15) is 29.3 Å². The highest BCUT2D eigenvalue weighted by Gasteiger charge is 2.41. The van der Waals surface area contributed by atoms with E-state index in [-0.39, 0.29) is 42.9 Å². The number of nitro benzene ring substituents is 1. The smallest absolute Gasteiger partial charge is 0.338 e. The van der Waals surface area contributed by atoms with Gasteiger partial charge < -0.3 is 15.0 Å². The third-order valence-electron chi connectivity index (χ3n) is 5.24. The molecule has 33 heavy (non-hydrogen) atoms. The second-order valence-corrected chi connectivity index (χ2v) is 7.45. The fraction of sp³-hybridized carbons (Fsp3) is 0.381. The number of aromatic nitrogens is 2. The quantitative estimate of drug-likeness (QED) is 0.323. The molecule has 2 atom stereocenters. The predicted molar refractivity (Wildman–Crippen MR) is 114 cm³/mol. The third-order valence-corrected chi connectivity index (χ3v) is 5.24. The minimum absolute atomic E-state index is 0.000154. The molecule has 1 aromatic heterocycles. The van der Waals surface area contributed by atoms with Crippen molar-refractivity contribution in [1.82, 2.24) is 15.3 Å². The molecule has 0 unspecified atom stereocenters. The van der Waals surface area contributed by atoms with Gasteiger partial charge in [-0.15, -0.1) is 0 Å². The maximum atomic E-state index is 13.0. The van der Waals surface area contributed by atoms with E-state index in [4.69, 9.17) is 4.74 Å². The largest absolute Gasteiger partial charge is 0.462 e. The number of Topliss-reactive ketones (excluding diaryl/α,β-unsaturated/α-hetero) is 1. The molecule has 2 aromatic rings. The van der Waals surface area contributed by atoms with Gasteiger partial charge in [0.25, 0.3) is 5.69 Å². The maximum absolute atomic E-state index is 13.0. The van der Waals surface area contributed by atoms with Gasteiger partial charge in [-0.1, -0.05) is 0 Å². The number of carbonyl (C=O) groups is 4. The third kappa shape index (κ3) is 5.22. The van der Waals surface area contributed by atoms with Crippen LogP contribution < -0.4 is 10.2 Å². The van der Waals surface area contributed by atoms with Crippen LogP contribution in [0.2, 0.25) is 0 Å². The standard InChI is InChI=1S/C21H23N5O7/c1-3-33-21(30)13-4-5-16(18(8-13)26(31)32)25-17(6-7-19(25)28)20(29)24-15(12(2)27)9-14-10-22-11-23-14/h4-5,8,10-11,15,17H,3,6-7,9H2,1-2H3,(H,22,23)(H,24,29)/t15-,17-/m0/s1. The molecule has 2 N–H and O–H groups in total. The number of H-pyrrole nitrogens is 1. The molecule has 0 radical (unpaired) electrons. The normalized spacial score (nSPS) is 16.4. The lowest BCUT2D eigenvalue weighted by Crippen LogP contribution is -2.50. The van der Waals surface area contributed by atoms with Gasteiger partial charge in [0.15, 0.2) is 5.78 Å². The fourth-order valence-corrected chi connectivity index (χ4v) is 3.63. The number of nitro groups is 1. The van der Waals surface area contributed by atoms with Gasteiger partial charge in [-0.25, -0.2) is 9.78 Å². The maximum Gasteiger partial charge on any atom is 0.338 e. The van der Waals surface area contributed by atoms with Crippen LogP contribution in [-0.2, 0) is 25.5 Å². The first kappa shape index (κ1) is 23.6. The second kappa shape index (κ2) is 10.0. The number of aromatic amines is 1. The summed E-state index contributed by atoms with van der Waals surface area (Å²) in [6.07, 6.45) is 3.28. The van der Waals surface area contributed by atoms with E-state index in [1.165, 1.54) is 31.6 Å². The second-order valence-electron chi connectivity index (χ2n) is 7.45. The number of amides is 2. The summed E-state index contributed by atoms with van der Waals surface area (Å²) in [5, 5.41) is 14.3. The lowest BCUT2D eigenvalue weighted by molar-refractivity contribution is -0.384. The van der Waals surface area contributed by atoms with Crippen LogP contribution in [0.3, 0.4) is 0 Å². The molecule has 2 amide bonds. The minimum atomic E-state index is -1.05. The van der Waals surface area contributed by atoms with Gasteiger partial charge in [0.05, 0.1) is 29.5 Å². The van der Waals surface area contributed by atoms with E-state index < -0.39 is 40.5 Å². The first-order valence-corrected chi connectivity index (χ1v) is 10.3. The number of imidazole rings is 1. The Morgan fingerprint density at radius 1 is 1.39 bits per heavy atom. The van der Waals surface area contributed by atoms with Crippen LogP contribution in [-0.4, -0.2) is 57.1 Å². The molecular weight excluding hydrogens is 434 g/mol. The van der Waals surface area contributed by atoms with Crippen LogP contribution in [0.25, 0.3) is 0 Å². The Balaban J connectivity index is 1.88. The van der Waals surface area contributed by atoms with E-state index in [1.807, 2.05) is 0 Å². The molecule has 1 aromatic carbocycles. The predicted octanol–water partition coefficient (Wildman–Crippen LogP) is 1.31. The molecule has 1 aliphatic heterocycles. The van der Waals surface area contributed by atoms with Crippen molar-refractivity contribution in [3.05, 3.63) is 52.1 Å². The van der Waals surface area contributed by atoms with E-state index in [0.717, 1.165) is 11.0 Å². The van der Waals surface area contributed by atoms with Crippen LogP contribution in [0, 0.1) is 10.1 Å². The van der Waals surface area contributed by atoms with Crippen molar-refractivity contribution in [1.29, 1.82) is 0 Å². The van der Waals surface area contributed by atoms with E-state index in [1.54, 1.807) is 6.92 Å². The Labute approximate surface area is 188 Å². The van der Waals surface area contributed by atoms with Gasteiger partial charge in [0, 0.05) is 30.8 Å². The summed E-state index contributed by atoms with van der Waals surface area (Å²) in [4.78, 5) is 68.5. The zero-order valence-corrected chi connectivity index (χ0v) is 18.1. The highest BCUT2D eigenvalue weighted by atomic mass is 16.6. The number of anilines is 1. The molecule has 0 aliphatic carbocycles. The summed E-state index contributed by atoms with van der Waals surface area (Å²) in [6, 6.07) is 1.66. The average molecular weight is 457 g/mol. The molecule has 12 heteroatoms. The molecule has 0 saturated carbocycles. The van der Waals surface area contributed by atoms with Gasteiger partial charge in [-0.3, -0.25) is 29.4 Å². The van der Waals surface area contributed by atoms with E-state index in [0.29, 0.717) is 5.69 Å².